The highest BCUT2D eigenvalue weighted by atomic mass is 16.6. The van der Waals surface area contributed by atoms with Crippen LogP contribution < -0.4 is 9.47 Å². The largest absolute Gasteiger partial charge is 0.497 e. The van der Waals surface area contributed by atoms with E-state index in [1.807, 2.05) is 66.7 Å². The Balaban J connectivity index is 1.67. The van der Waals surface area contributed by atoms with E-state index in [-0.39, 0.29) is 10.6 Å². The SMILES string of the molecule is COc1ccc(/C(=C(/c2ccccc2)[N+](=O)[O-])c2ccc(OCCN3CCCC3)cc2)cc1. The highest BCUT2D eigenvalue weighted by Gasteiger charge is 2.24. The quantitative estimate of drug-likeness (QED) is 0.252. The molecule has 1 saturated heterocycles. The molecule has 6 nitrogen and oxygen atoms in total. The van der Waals surface area contributed by atoms with Gasteiger partial charge in [-0.05, 0) is 73.5 Å². The topological polar surface area (TPSA) is 64.8 Å². The Morgan fingerprint density at radius 2 is 1.42 bits per heavy atom. The van der Waals surface area contributed by atoms with Crippen molar-refractivity contribution < 1.29 is 14.4 Å². The van der Waals surface area contributed by atoms with Gasteiger partial charge in [-0.1, -0.05) is 42.5 Å². The summed E-state index contributed by atoms with van der Waals surface area (Å²) in [4.78, 5) is 14.3. The molecule has 1 aliphatic heterocycles. The Hall–Kier alpha value is -3.64. The van der Waals surface area contributed by atoms with Crippen LogP contribution in [-0.2, 0) is 0 Å². The van der Waals surface area contributed by atoms with Crippen LogP contribution in [0.3, 0.4) is 0 Å². The maximum atomic E-state index is 12.2. The summed E-state index contributed by atoms with van der Waals surface area (Å²) in [5.74, 6) is 1.46. The Labute approximate surface area is 194 Å². The molecule has 1 heterocycles. The molecule has 0 N–H and O–H groups in total. The molecular weight excluding hydrogens is 416 g/mol. The van der Waals surface area contributed by atoms with E-state index in [9.17, 15) is 10.1 Å². The number of hydrogen-bond acceptors (Lipinski definition) is 5. The molecule has 0 amide bonds. The van der Waals surface area contributed by atoms with E-state index in [4.69, 9.17) is 9.47 Å². The third-order valence-corrected chi connectivity index (χ3v) is 5.86. The normalized spacial score (nSPS) is 14.6. The van der Waals surface area contributed by atoms with Crippen LogP contribution in [-0.4, -0.2) is 43.2 Å². The first-order valence-electron chi connectivity index (χ1n) is 11.2. The predicted octanol–water partition coefficient (Wildman–Crippen LogP) is 5.36. The second-order valence-electron chi connectivity index (χ2n) is 8.00. The molecule has 0 spiro atoms. The van der Waals surface area contributed by atoms with E-state index >= 15 is 0 Å². The molecule has 0 aromatic heterocycles. The highest BCUT2D eigenvalue weighted by Crippen LogP contribution is 2.34. The van der Waals surface area contributed by atoms with Crippen LogP contribution in [0.15, 0.2) is 78.9 Å². The number of methoxy groups -OCH3 is 1. The van der Waals surface area contributed by atoms with Crippen molar-refractivity contribution in [2.24, 2.45) is 0 Å². The van der Waals surface area contributed by atoms with Crippen molar-refractivity contribution in [1.82, 2.24) is 4.90 Å². The van der Waals surface area contributed by atoms with Gasteiger partial charge in [0, 0.05) is 6.54 Å². The smallest absolute Gasteiger partial charge is 0.284 e. The summed E-state index contributed by atoms with van der Waals surface area (Å²) in [6.45, 7) is 3.83. The van der Waals surface area contributed by atoms with E-state index in [1.165, 1.54) is 12.8 Å². The van der Waals surface area contributed by atoms with Gasteiger partial charge < -0.3 is 9.47 Å². The number of likely N-dealkylation sites (tertiary alicyclic amines) is 1. The molecule has 3 aromatic carbocycles. The summed E-state index contributed by atoms with van der Waals surface area (Å²) in [6, 6.07) is 23.8. The summed E-state index contributed by atoms with van der Waals surface area (Å²) in [6.07, 6.45) is 2.52. The van der Waals surface area contributed by atoms with E-state index in [2.05, 4.69) is 4.90 Å². The molecule has 170 valence electrons. The Morgan fingerprint density at radius 1 is 0.848 bits per heavy atom. The zero-order valence-electron chi connectivity index (χ0n) is 18.8. The molecule has 1 fully saturated rings. The molecule has 0 unspecified atom stereocenters. The summed E-state index contributed by atoms with van der Waals surface area (Å²) >= 11 is 0. The van der Waals surface area contributed by atoms with Gasteiger partial charge in [0.05, 0.1) is 23.2 Å². The molecule has 6 heteroatoms. The van der Waals surface area contributed by atoms with Crippen molar-refractivity contribution in [2.45, 2.75) is 12.8 Å². The molecule has 0 saturated carbocycles. The average Bonchev–Trinajstić information content (AvgIpc) is 3.37. The van der Waals surface area contributed by atoms with Gasteiger partial charge in [0.1, 0.15) is 18.1 Å². The number of nitro groups is 1. The van der Waals surface area contributed by atoms with Gasteiger partial charge in [-0.15, -0.1) is 0 Å². The Kier molecular flexibility index (Phi) is 7.37. The van der Waals surface area contributed by atoms with E-state index in [1.54, 1.807) is 19.2 Å². The maximum absolute atomic E-state index is 12.2. The van der Waals surface area contributed by atoms with Crippen molar-refractivity contribution in [3.63, 3.8) is 0 Å². The standard InChI is InChI=1S/C27H28N2O4/c1-32-24-13-9-21(10-14-24)26(27(29(30)31)23-7-3-2-4-8-23)22-11-15-25(16-12-22)33-20-19-28-17-5-6-18-28/h2-4,7-16H,5-6,17-20H2,1H3/b27-26+. The highest BCUT2D eigenvalue weighted by molar-refractivity contribution is 5.95. The van der Waals surface area contributed by atoms with Crippen LogP contribution in [0.25, 0.3) is 11.3 Å². The minimum Gasteiger partial charge on any atom is -0.497 e. The third-order valence-electron chi connectivity index (χ3n) is 5.86. The van der Waals surface area contributed by atoms with Gasteiger partial charge in [-0.2, -0.15) is 0 Å². The summed E-state index contributed by atoms with van der Waals surface area (Å²) in [5, 5.41) is 12.2. The van der Waals surface area contributed by atoms with Gasteiger partial charge in [-0.3, -0.25) is 15.0 Å². The lowest BCUT2D eigenvalue weighted by Gasteiger charge is -2.15. The van der Waals surface area contributed by atoms with Gasteiger partial charge in [0.25, 0.3) is 5.70 Å². The van der Waals surface area contributed by atoms with Crippen LogP contribution in [0.4, 0.5) is 0 Å². The molecule has 0 aliphatic carbocycles. The molecule has 4 rings (SSSR count). The average molecular weight is 445 g/mol. The third kappa shape index (κ3) is 5.59. The minimum atomic E-state index is -0.310. The number of hydrogen-bond donors (Lipinski definition) is 0. The predicted molar refractivity (Wildman–Crippen MR) is 130 cm³/mol. The fraction of sp³-hybridized carbons (Fsp3) is 0.259. The number of ether oxygens (including phenoxy) is 2. The monoisotopic (exact) mass is 444 g/mol. The molecular formula is C27H28N2O4. The van der Waals surface area contributed by atoms with Crippen LogP contribution in [0.2, 0.25) is 0 Å². The van der Waals surface area contributed by atoms with Crippen LogP contribution in [0, 0.1) is 10.1 Å². The van der Waals surface area contributed by atoms with Crippen molar-refractivity contribution in [3.8, 4) is 11.5 Å². The summed E-state index contributed by atoms with van der Waals surface area (Å²) in [7, 11) is 1.60. The molecule has 3 aromatic rings. The van der Waals surface area contributed by atoms with Crippen molar-refractivity contribution >= 4 is 11.3 Å². The van der Waals surface area contributed by atoms with Gasteiger partial charge in [-0.25, -0.2) is 0 Å². The van der Waals surface area contributed by atoms with Gasteiger partial charge in [0.2, 0.25) is 0 Å². The Morgan fingerprint density at radius 3 is 1.97 bits per heavy atom. The second kappa shape index (κ2) is 10.8. The number of rotatable bonds is 9. The van der Waals surface area contributed by atoms with E-state index in [0.29, 0.717) is 23.5 Å². The molecule has 0 atom stereocenters. The van der Waals surface area contributed by atoms with Crippen molar-refractivity contribution in [3.05, 3.63) is 106 Å². The summed E-state index contributed by atoms with van der Waals surface area (Å²) < 4.78 is 11.2. The van der Waals surface area contributed by atoms with Crippen molar-refractivity contribution in [1.29, 1.82) is 0 Å². The molecule has 33 heavy (non-hydrogen) atoms. The first-order valence-corrected chi connectivity index (χ1v) is 11.2. The lowest BCUT2D eigenvalue weighted by Crippen LogP contribution is -2.25. The van der Waals surface area contributed by atoms with E-state index < -0.39 is 0 Å². The van der Waals surface area contributed by atoms with Crippen LogP contribution >= 0.6 is 0 Å². The summed E-state index contributed by atoms with van der Waals surface area (Å²) in [5.41, 5.74) is 2.66. The second-order valence-corrected chi connectivity index (χ2v) is 8.00. The minimum absolute atomic E-state index is 0.0588. The molecule has 0 bridgehead atoms. The molecule has 1 aliphatic rings. The van der Waals surface area contributed by atoms with Crippen LogP contribution in [0.5, 0.6) is 11.5 Å². The van der Waals surface area contributed by atoms with E-state index in [0.717, 1.165) is 36.5 Å². The molecule has 0 radical (unpaired) electrons. The van der Waals surface area contributed by atoms with Gasteiger partial charge >= 0.3 is 0 Å². The first kappa shape index (κ1) is 22.6. The fourth-order valence-corrected chi connectivity index (χ4v) is 4.15. The zero-order valence-corrected chi connectivity index (χ0v) is 18.8. The fourth-order valence-electron chi connectivity index (χ4n) is 4.15. The van der Waals surface area contributed by atoms with Gasteiger partial charge in [0.15, 0.2) is 0 Å². The first-order chi connectivity index (χ1) is 16.2. The van der Waals surface area contributed by atoms with Crippen LogP contribution in [0.1, 0.15) is 29.5 Å². The zero-order chi connectivity index (χ0) is 23.0. The van der Waals surface area contributed by atoms with Crippen molar-refractivity contribution in [2.75, 3.05) is 33.4 Å². The number of nitrogens with zero attached hydrogens (tertiary/aromatic N) is 2. The lowest BCUT2D eigenvalue weighted by atomic mass is 9.93. The maximum Gasteiger partial charge on any atom is 0.284 e. The number of benzene rings is 3. The lowest BCUT2D eigenvalue weighted by molar-refractivity contribution is -0.374. The Bertz CT molecular complexity index is 1090.